The van der Waals surface area contributed by atoms with E-state index >= 15 is 8.78 Å². The van der Waals surface area contributed by atoms with Gasteiger partial charge in [-0.05, 0) is 68.1 Å². The Bertz CT molecular complexity index is 1430. The van der Waals surface area contributed by atoms with E-state index in [1.165, 1.54) is 23.2 Å². The number of hydrogen-bond acceptors (Lipinski definition) is 7. The number of likely N-dealkylation sites (N-methyl/N-ethyl adjacent to an activating group) is 1. The summed E-state index contributed by atoms with van der Waals surface area (Å²) in [7, 11) is 3.43. The molecule has 0 bridgehead atoms. The lowest BCUT2D eigenvalue weighted by Gasteiger charge is -2.30. The first-order chi connectivity index (χ1) is 20.3. The third-order valence-electron chi connectivity index (χ3n) is 6.96. The number of aromatic nitrogens is 2. The van der Waals surface area contributed by atoms with Crippen molar-refractivity contribution in [1.82, 2.24) is 30.6 Å². The first kappa shape index (κ1) is 31.5. The fourth-order valence-electron chi connectivity index (χ4n) is 4.86. The van der Waals surface area contributed by atoms with Crippen LogP contribution in [0.5, 0.6) is 0 Å². The van der Waals surface area contributed by atoms with Gasteiger partial charge in [0.05, 0.1) is 17.1 Å². The highest BCUT2D eigenvalue weighted by molar-refractivity contribution is 9.10. The number of benzene rings is 2. The Hall–Kier alpha value is -3.45. The summed E-state index contributed by atoms with van der Waals surface area (Å²) in [6.07, 6.45) is 1.67. The smallest absolute Gasteiger partial charge is 0.145 e. The quantitative estimate of drug-likeness (QED) is 0.207. The number of ether oxygens (including phenoxy) is 1. The van der Waals surface area contributed by atoms with Gasteiger partial charge in [-0.1, -0.05) is 29.8 Å². The molecule has 0 spiro atoms. The number of nitrogens with zero attached hydrogens (tertiary/aromatic N) is 4. The van der Waals surface area contributed by atoms with Gasteiger partial charge in [-0.25, -0.2) is 17.9 Å². The van der Waals surface area contributed by atoms with Crippen LogP contribution in [-0.2, 0) is 9.53 Å². The summed E-state index contributed by atoms with van der Waals surface area (Å²) in [4.78, 5) is 13.1. The second-order valence-electron chi connectivity index (χ2n) is 9.60. The average Bonchev–Trinajstić information content (AvgIpc) is 3.59. The summed E-state index contributed by atoms with van der Waals surface area (Å²) in [5.41, 5.74) is 8.72. The molecule has 2 aromatic carbocycles. The molecule has 8 nitrogen and oxygen atoms in total. The van der Waals surface area contributed by atoms with Gasteiger partial charge >= 0.3 is 0 Å². The number of carbonyl (C=O) groups is 1. The van der Waals surface area contributed by atoms with Crippen molar-refractivity contribution in [2.24, 2.45) is 5.92 Å². The van der Waals surface area contributed by atoms with Crippen molar-refractivity contribution < 1.29 is 22.7 Å². The summed E-state index contributed by atoms with van der Waals surface area (Å²) in [6, 6.07) is 13.4. The van der Waals surface area contributed by atoms with Gasteiger partial charge in [-0.3, -0.25) is 15.3 Å². The minimum absolute atomic E-state index is 0.149. The predicted octanol–water partition coefficient (Wildman–Crippen LogP) is 5.99. The highest BCUT2D eigenvalue weighted by Gasteiger charge is 2.37. The molecule has 3 unspecified atom stereocenters. The van der Waals surface area contributed by atoms with Crippen LogP contribution in [0.1, 0.15) is 32.1 Å². The van der Waals surface area contributed by atoms with E-state index < -0.39 is 24.1 Å². The number of rotatable bonds is 10. The first-order valence-corrected chi connectivity index (χ1v) is 14.4. The summed E-state index contributed by atoms with van der Waals surface area (Å²) in [5.74, 6) is -1.94. The van der Waals surface area contributed by atoms with Gasteiger partial charge in [0, 0.05) is 41.3 Å². The maximum Gasteiger partial charge on any atom is 0.145 e. The number of allylic oxidation sites excluding steroid dienone is 2. The molecule has 1 fully saturated rings. The number of nitrogens with one attached hydrogen (secondary N) is 2. The molecule has 3 atom stereocenters. The number of carbonyl (C=O) groups excluding carboxylic acids is 1. The van der Waals surface area contributed by atoms with Crippen molar-refractivity contribution in [3.63, 3.8) is 0 Å². The largest absolute Gasteiger partial charge is 0.351 e. The Morgan fingerprint density at radius 2 is 1.83 bits per heavy atom. The van der Waals surface area contributed by atoms with E-state index in [0.717, 1.165) is 10.2 Å². The van der Waals surface area contributed by atoms with Gasteiger partial charge in [-0.15, -0.1) is 5.53 Å². The Labute approximate surface area is 251 Å². The molecule has 1 saturated heterocycles. The van der Waals surface area contributed by atoms with Crippen molar-refractivity contribution in [1.29, 1.82) is 0 Å². The third-order valence-corrected chi connectivity index (χ3v) is 7.49. The summed E-state index contributed by atoms with van der Waals surface area (Å²) < 4.78 is 52.6. The fraction of sp³-hybridized carbons (Fsp3) is 0.333. The Kier molecular flexibility index (Phi) is 10.6. The number of fused-ring (bicyclic) bond motifs is 1. The summed E-state index contributed by atoms with van der Waals surface area (Å²) in [6.45, 7) is 4.04. The van der Waals surface area contributed by atoms with E-state index in [2.05, 4.69) is 26.9 Å². The zero-order valence-corrected chi connectivity index (χ0v) is 25.4. The molecule has 2 heterocycles. The fourth-order valence-corrected chi connectivity index (χ4v) is 5.12. The maximum absolute atomic E-state index is 15.3. The van der Waals surface area contributed by atoms with Crippen LogP contribution in [0, 0.1) is 11.7 Å². The topological polar surface area (TPSA) is 74.7 Å². The molecule has 1 aliphatic carbocycles. The zero-order valence-electron chi connectivity index (χ0n) is 23.8. The Morgan fingerprint density at radius 3 is 2.50 bits per heavy atom. The van der Waals surface area contributed by atoms with E-state index in [1.807, 2.05) is 38.1 Å². The predicted molar refractivity (Wildman–Crippen MR) is 159 cm³/mol. The Morgan fingerprint density at radius 1 is 1.14 bits per heavy atom. The van der Waals surface area contributed by atoms with Crippen molar-refractivity contribution in [2.75, 3.05) is 27.2 Å². The highest BCUT2D eigenvalue weighted by atomic mass is 79.9. The van der Waals surface area contributed by atoms with Gasteiger partial charge < -0.3 is 9.53 Å². The van der Waals surface area contributed by atoms with E-state index in [-0.39, 0.29) is 31.1 Å². The van der Waals surface area contributed by atoms with Crippen LogP contribution in [-0.4, -0.2) is 59.4 Å². The van der Waals surface area contributed by atoms with Crippen molar-refractivity contribution in [2.45, 2.75) is 32.7 Å². The third kappa shape index (κ3) is 6.78. The monoisotopic (exact) mass is 646 g/mol. The van der Waals surface area contributed by atoms with Crippen LogP contribution in [0.15, 0.2) is 82.5 Å². The summed E-state index contributed by atoms with van der Waals surface area (Å²) in [5, 5.41) is 6.29. The van der Waals surface area contributed by atoms with Crippen LogP contribution in [0.4, 0.5) is 13.2 Å². The lowest BCUT2D eigenvalue weighted by atomic mass is 9.91. The van der Waals surface area contributed by atoms with Gasteiger partial charge in [-0.2, -0.15) is 5.10 Å². The van der Waals surface area contributed by atoms with Gasteiger partial charge in [0.2, 0.25) is 0 Å². The van der Waals surface area contributed by atoms with Crippen LogP contribution in [0.25, 0.3) is 16.9 Å². The molecule has 224 valence electrons. The van der Waals surface area contributed by atoms with E-state index in [0.29, 0.717) is 28.8 Å². The average molecular weight is 648 g/mol. The standard InChI is InChI=1S/C28H28BrF3N6O2.C2H6/c1-36(12-11-21-23(31)15-24-27(25(21)32)33-35-37(24)2)28(40-14-13-39)22-16-38(20-9-5-18(29)6-10-20)34-26(22)17-3-7-19(30)8-4-17;1-2/h3-10,13,15-16,21,23,28,33,35H,11-12,14H2,1-2H3;1-2H3. The number of halogens is 4. The molecule has 1 aromatic heterocycles. The summed E-state index contributed by atoms with van der Waals surface area (Å²) >= 11 is 3.43. The lowest BCUT2D eigenvalue weighted by molar-refractivity contribution is -0.119. The highest BCUT2D eigenvalue weighted by Crippen LogP contribution is 2.37. The molecule has 0 saturated carbocycles. The molecule has 3 aromatic rings. The van der Waals surface area contributed by atoms with E-state index in [4.69, 9.17) is 9.84 Å². The molecule has 2 N–H and O–H groups in total. The van der Waals surface area contributed by atoms with Gasteiger partial charge in [0.15, 0.2) is 0 Å². The molecule has 0 radical (unpaired) electrons. The number of aldehydes is 1. The molecule has 1 aliphatic heterocycles. The molecule has 42 heavy (non-hydrogen) atoms. The van der Waals surface area contributed by atoms with Gasteiger partial charge in [0.25, 0.3) is 0 Å². The minimum Gasteiger partial charge on any atom is -0.351 e. The number of alkyl halides is 1. The molecule has 12 heteroatoms. The molecular weight excluding hydrogens is 613 g/mol. The first-order valence-electron chi connectivity index (χ1n) is 13.6. The van der Waals surface area contributed by atoms with Crippen molar-refractivity contribution >= 4 is 22.2 Å². The Balaban J connectivity index is 0.00000198. The van der Waals surface area contributed by atoms with Gasteiger partial charge in [0.1, 0.15) is 42.6 Å². The van der Waals surface area contributed by atoms with Crippen LogP contribution >= 0.6 is 15.9 Å². The number of hydrogen-bond donors (Lipinski definition) is 2. The molecule has 2 aliphatic rings. The zero-order chi connectivity index (χ0) is 30.4. The number of hydrazine groups is 2. The minimum atomic E-state index is -1.51. The lowest BCUT2D eigenvalue weighted by Crippen LogP contribution is -2.32. The molecule has 0 amide bonds. The van der Waals surface area contributed by atoms with Crippen molar-refractivity contribution in [3.8, 4) is 16.9 Å². The second kappa shape index (κ2) is 14.1. The van der Waals surface area contributed by atoms with Crippen LogP contribution in [0.2, 0.25) is 0 Å². The van der Waals surface area contributed by atoms with E-state index in [1.54, 1.807) is 42.0 Å². The second-order valence-corrected chi connectivity index (χ2v) is 10.5. The van der Waals surface area contributed by atoms with Crippen molar-refractivity contribution in [3.05, 3.63) is 93.9 Å². The van der Waals surface area contributed by atoms with Crippen LogP contribution < -0.4 is 11.0 Å². The molecular formula is C30H34BrF3N6O2. The SMILES string of the molecule is CC.CN1NNC2=C(F)C(CCN(C)C(OCC=O)c3cn(-c4ccc(Br)cc4)nc3-c3ccc(F)cc3)C(F)C=C21. The van der Waals surface area contributed by atoms with Crippen LogP contribution in [0.3, 0.4) is 0 Å². The van der Waals surface area contributed by atoms with E-state index in [9.17, 15) is 9.18 Å². The molecule has 5 rings (SSSR count). The maximum atomic E-state index is 15.3. The normalized spacial score (nSPS) is 18.7.